The van der Waals surface area contributed by atoms with Gasteiger partial charge in [0.2, 0.25) is 10.0 Å². The molecule has 3 rings (SSSR count). The molecular weight excluding hydrogens is 422 g/mol. The van der Waals surface area contributed by atoms with Gasteiger partial charge in [0.05, 0.1) is 5.56 Å². The number of fused-ring (bicyclic) bond motifs is 1. The summed E-state index contributed by atoms with van der Waals surface area (Å²) >= 11 is 4.26. The van der Waals surface area contributed by atoms with Gasteiger partial charge in [-0.1, -0.05) is 15.9 Å². The number of benzene rings is 1. The van der Waals surface area contributed by atoms with Crippen LogP contribution in [-0.2, 0) is 21.4 Å². The van der Waals surface area contributed by atoms with E-state index < -0.39 is 16.0 Å². The van der Waals surface area contributed by atoms with Crippen LogP contribution in [0.5, 0.6) is 11.5 Å². The molecule has 0 aliphatic carbocycles. The number of halogens is 1. The molecule has 24 heavy (non-hydrogen) atoms. The third-order valence-electron chi connectivity index (χ3n) is 3.16. The minimum atomic E-state index is -3.83. The number of sulfonamides is 1. The Morgan fingerprint density at radius 3 is 2.54 bits per heavy atom. The second kappa shape index (κ2) is 6.71. The maximum absolute atomic E-state index is 12.0. The fourth-order valence-electron chi connectivity index (χ4n) is 2.02. The predicted octanol–water partition coefficient (Wildman–Crippen LogP) is 2.29. The van der Waals surface area contributed by atoms with Crippen LogP contribution in [0.15, 0.2) is 32.3 Å². The second-order valence-corrected chi connectivity index (χ2v) is 8.42. The van der Waals surface area contributed by atoms with E-state index in [2.05, 4.69) is 15.9 Å². The third-order valence-corrected chi connectivity index (χ3v) is 6.29. The molecule has 0 atom stereocenters. The number of rotatable bonds is 4. The smallest absolute Gasteiger partial charge is 0.339 e. The number of carbonyl (C=O) groups is 1. The molecule has 0 saturated heterocycles. The zero-order valence-corrected chi connectivity index (χ0v) is 15.4. The van der Waals surface area contributed by atoms with E-state index in [1.165, 1.54) is 11.4 Å². The number of nitrogens with two attached hydrogens (primary N) is 1. The maximum atomic E-state index is 12.0. The van der Waals surface area contributed by atoms with Crippen molar-refractivity contribution in [2.45, 2.75) is 10.8 Å². The van der Waals surface area contributed by atoms with Gasteiger partial charge in [-0.05, 0) is 18.2 Å². The van der Waals surface area contributed by atoms with Gasteiger partial charge in [0.15, 0.2) is 11.5 Å². The number of carbonyl (C=O) groups excluding carboxylic acids is 1. The summed E-state index contributed by atoms with van der Waals surface area (Å²) in [4.78, 5) is 12.0. The number of thiophene rings is 1. The molecule has 128 valence electrons. The Balaban J connectivity index is 1.71. The Labute approximate surface area is 150 Å². The minimum Gasteiger partial charge on any atom is -0.486 e. The molecule has 0 spiro atoms. The summed E-state index contributed by atoms with van der Waals surface area (Å²) in [6, 6.07) is 4.68. The van der Waals surface area contributed by atoms with E-state index in [-0.39, 0.29) is 16.4 Å². The van der Waals surface area contributed by atoms with Crippen LogP contribution < -0.4 is 14.6 Å². The topological polar surface area (TPSA) is 105 Å². The van der Waals surface area contributed by atoms with Crippen molar-refractivity contribution in [2.75, 3.05) is 13.2 Å². The molecule has 0 bridgehead atoms. The molecule has 0 unspecified atom stereocenters. The number of ether oxygens (including phenoxy) is 3. The first-order valence-electron chi connectivity index (χ1n) is 6.71. The summed E-state index contributed by atoms with van der Waals surface area (Å²) < 4.78 is 39.3. The molecule has 1 aromatic heterocycles. The van der Waals surface area contributed by atoms with E-state index >= 15 is 0 Å². The average Bonchev–Trinajstić information content (AvgIpc) is 3.03. The summed E-state index contributed by atoms with van der Waals surface area (Å²) in [7, 11) is -3.83. The largest absolute Gasteiger partial charge is 0.486 e. The fourth-order valence-corrected chi connectivity index (χ4v) is 4.03. The number of hydrogen-bond acceptors (Lipinski definition) is 7. The maximum Gasteiger partial charge on any atom is 0.339 e. The van der Waals surface area contributed by atoms with Gasteiger partial charge in [0.25, 0.3) is 0 Å². The van der Waals surface area contributed by atoms with Crippen LogP contribution in [0, 0.1) is 0 Å². The lowest BCUT2D eigenvalue weighted by Gasteiger charge is -2.19. The van der Waals surface area contributed by atoms with Crippen LogP contribution in [0.4, 0.5) is 0 Å². The molecule has 0 saturated carbocycles. The zero-order valence-electron chi connectivity index (χ0n) is 12.2. The summed E-state index contributed by atoms with van der Waals surface area (Å²) in [5.74, 6) is 0.573. The number of esters is 1. The van der Waals surface area contributed by atoms with E-state index in [1.54, 1.807) is 12.1 Å². The van der Waals surface area contributed by atoms with Gasteiger partial charge in [0.1, 0.15) is 24.0 Å². The Morgan fingerprint density at radius 2 is 1.92 bits per heavy atom. The van der Waals surface area contributed by atoms with E-state index in [4.69, 9.17) is 19.3 Å². The summed E-state index contributed by atoms with van der Waals surface area (Å²) in [5.41, 5.74) is 0.840. The van der Waals surface area contributed by atoms with Crippen LogP contribution in [0.2, 0.25) is 0 Å². The lowest BCUT2D eigenvalue weighted by molar-refractivity contribution is 0.0471. The Bertz CT molecular complexity index is 893. The summed E-state index contributed by atoms with van der Waals surface area (Å²) in [5, 5.41) is 6.41. The third kappa shape index (κ3) is 3.72. The van der Waals surface area contributed by atoms with Gasteiger partial charge in [0, 0.05) is 15.4 Å². The average molecular weight is 434 g/mol. The van der Waals surface area contributed by atoms with Gasteiger partial charge >= 0.3 is 5.97 Å². The van der Waals surface area contributed by atoms with Gasteiger partial charge in [-0.3, -0.25) is 0 Å². The summed E-state index contributed by atoms with van der Waals surface area (Å²) in [6.07, 6.45) is 0. The van der Waals surface area contributed by atoms with E-state index in [0.717, 1.165) is 15.8 Å². The van der Waals surface area contributed by atoms with Crippen LogP contribution in [0.3, 0.4) is 0 Å². The highest BCUT2D eigenvalue weighted by molar-refractivity contribution is 9.10. The van der Waals surface area contributed by atoms with Crippen LogP contribution in [0.1, 0.15) is 15.9 Å². The van der Waals surface area contributed by atoms with Crippen molar-refractivity contribution in [3.8, 4) is 11.5 Å². The molecule has 1 aliphatic rings. The first-order chi connectivity index (χ1) is 11.3. The molecule has 7 nitrogen and oxygen atoms in total. The summed E-state index contributed by atoms with van der Waals surface area (Å²) in [6.45, 7) is 0.939. The predicted molar refractivity (Wildman–Crippen MR) is 89.9 cm³/mol. The molecule has 0 fully saturated rings. The molecule has 2 heterocycles. The Morgan fingerprint density at radius 1 is 1.25 bits per heavy atom. The normalized spacial score (nSPS) is 13.6. The van der Waals surface area contributed by atoms with Crippen molar-refractivity contribution >= 4 is 43.3 Å². The highest BCUT2D eigenvalue weighted by Gasteiger charge is 2.18. The van der Waals surface area contributed by atoms with Crippen LogP contribution in [0.25, 0.3) is 0 Å². The molecular formula is C14H12BrNO6S2. The molecule has 0 radical (unpaired) electrons. The van der Waals surface area contributed by atoms with Crippen molar-refractivity contribution in [3.63, 3.8) is 0 Å². The van der Waals surface area contributed by atoms with E-state index in [1.807, 2.05) is 0 Å². The molecule has 2 aromatic rings. The highest BCUT2D eigenvalue weighted by Crippen LogP contribution is 2.35. The van der Waals surface area contributed by atoms with Crippen molar-refractivity contribution in [1.82, 2.24) is 0 Å². The Kier molecular flexibility index (Phi) is 4.81. The molecule has 10 heteroatoms. The molecule has 1 aliphatic heterocycles. The molecule has 2 N–H and O–H groups in total. The van der Waals surface area contributed by atoms with Gasteiger partial charge in [-0.15, -0.1) is 11.3 Å². The van der Waals surface area contributed by atoms with Gasteiger partial charge < -0.3 is 14.2 Å². The fraction of sp³-hybridized carbons (Fsp3) is 0.214. The van der Waals surface area contributed by atoms with E-state index in [9.17, 15) is 13.2 Å². The van der Waals surface area contributed by atoms with Crippen LogP contribution in [-0.4, -0.2) is 27.6 Å². The van der Waals surface area contributed by atoms with Crippen LogP contribution >= 0.6 is 27.3 Å². The van der Waals surface area contributed by atoms with Crippen molar-refractivity contribution in [3.05, 3.63) is 39.2 Å². The number of hydrogen-bond donors (Lipinski definition) is 1. The Hall–Kier alpha value is -1.62. The van der Waals surface area contributed by atoms with Gasteiger partial charge in [-0.25, -0.2) is 18.4 Å². The number of primary sulfonamides is 1. The van der Waals surface area contributed by atoms with Gasteiger partial charge in [-0.2, -0.15) is 0 Å². The second-order valence-electron chi connectivity index (χ2n) is 4.86. The first kappa shape index (κ1) is 17.2. The SMILES string of the molecule is NS(=O)(=O)c1cc(C(=O)OCc2cc3c(cc2Br)OCCO3)cs1. The highest BCUT2D eigenvalue weighted by atomic mass is 79.9. The monoisotopic (exact) mass is 433 g/mol. The standard InChI is InChI=1S/C14H12BrNO6S2/c15-10-5-12-11(20-1-2-21-12)3-8(10)6-22-14(17)9-4-13(23-7-9)24(16,18)19/h3-5,7H,1-2,6H2,(H2,16,18,19). The van der Waals surface area contributed by atoms with Crippen molar-refractivity contribution in [2.24, 2.45) is 5.14 Å². The van der Waals surface area contributed by atoms with E-state index in [0.29, 0.717) is 30.3 Å². The minimum absolute atomic E-state index is 0.00336. The first-order valence-corrected chi connectivity index (χ1v) is 9.93. The lowest BCUT2D eigenvalue weighted by Crippen LogP contribution is -2.15. The van der Waals surface area contributed by atoms with Crippen molar-refractivity contribution in [1.29, 1.82) is 0 Å². The molecule has 1 aromatic carbocycles. The zero-order chi connectivity index (χ0) is 17.3. The lowest BCUT2D eigenvalue weighted by atomic mass is 10.2. The molecule has 0 amide bonds. The van der Waals surface area contributed by atoms with Crippen molar-refractivity contribution < 1.29 is 27.4 Å². The quantitative estimate of drug-likeness (QED) is 0.741.